The third-order valence-electron chi connectivity index (χ3n) is 2.05. The highest BCUT2D eigenvalue weighted by atomic mass is 35.5. The van der Waals surface area contributed by atoms with E-state index in [0.29, 0.717) is 22.4 Å². The zero-order chi connectivity index (χ0) is 9.97. The second kappa shape index (κ2) is 4.40. The van der Waals surface area contributed by atoms with Crippen molar-refractivity contribution in [2.75, 3.05) is 19.8 Å². The van der Waals surface area contributed by atoms with Crippen LogP contribution >= 0.6 is 22.9 Å². The van der Waals surface area contributed by atoms with Crippen molar-refractivity contribution >= 4 is 28.7 Å². The van der Waals surface area contributed by atoms with E-state index in [2.05, 4.69) is 5.32 Å². The number of hydrogen-bond donors (Lipinski definition) is 1. The third kappa shape index (κ3) is 2.15. The first-order valence-electron chi connectivity index (χ1n) is 4.38. The van der Waals surface area contributed by atoms with Gasteiger partial charge in [-0.15, -0.1) is 11.3 Å². The average Bonchev–Trinajstić information content (AvgIpc) is 2.65. The third-order valence-corrected chi connectivity index (χ3v) is 3.30. The molecular weight excluding hydrogens is 222 g/mol. The standard InChI is InChI=1S/C9H10ClNO2S/c10-8-2-1-7(14-8)9(12)6-5-13-4-3-11-6/h1-2,6,11H,3-5H2. The molecule has 1 aromatic heterocycles. The molecule has 3 nitrogen and oxygen atoms in total. The van der Waals surface area contributed by atoms with Crippen molar-refractivity contribution in [1.29, 1.82) is 0 Å². The fourth-order valence-electron chi connectivity index (χ4n) is 1.35. The molecule has 0 saturated carbocycles. The number of ketones is 1. The zero-order valence-electron chi connectivity index (χ0n) is 7.46. The summed E-state index contributed by atoms with van der Waals surface area (Å²) in [7, 11) is 0. The molecule has 0 amide bonds. The number of morpholine rings is 1. The van der Waals surface area contributed by atoms with Crippen LogP contribution in [0.15, 0.2) is 12.1 Å². The van der Waals surface area contributed by atoms with Gasteiger partial charge in [0, 0.05) is 6.54 Å². The molecule has 1 unspecified atom stereocenters. The van der Waals surface area contributed by atoms with Crippen molar-refractivity contribution in [3.8, 4) is 0 Å². The lowest BCUT2D eigenvalue weighted by atomic mass is 10.1. The first-order chi connectivity index (χ1) is 6.77. The van der Waals surface area contributed by atoms with Gasteiger partial charge in [-0.25, -0.2) is 0 Å². The average molecular weight is 232 g/mol. The maximum absolute atomic E-state index is 11.8. The van der Waals surface area contributed by atoms with Crippen molar-refractivity contribution in [2.45, 2.75) is 6.04 Å². The van der Waals surface area contributed by atoms with Crippen LogP contribution in [-0.2, 0) is 4.74 Å². The number of thiophene rings is 1. The first-order valence-corrected chi connectivity index (χ1v) is 5.57. The Balaban J connectivity index is 2.07. The topological polar surface area (TPSA) is 38.3 Å². The Bertz CT molecular complexity index is 333. The first kappa shape index (κ1) is 10.1. The van der Waals surface area contributed by atoms with Gasteiger partial charge >= 0.3 is 0 Å². The van der Waals surface area contributed by atoms with E-state index in [1.807, 2.05) is 0 Å². The summed E-state index contributed by atoms with van der Waals surface area (Å²) in [6, 6.07) is 3.29. The second-order valence-electron chi connectivity index (χ2n) is 3.05. The molecule has 1 saturated heterocycles. The highest BCUT2D eigenvalue weighted by Crippen LogP contribution is 2.22. The number of halogens is 1. The molecule has 76 valence electrons. The van der Waals surface area contributed by atoms with Crippen molar-refractivity contribution in [3.63, 3.8) is 0 Å². The van der Waals surface area contributed by atoms with E-state index in [9.17, 15) is 4.79 Å². The number of ether oxygens (including phenoxy) is 1. The number of rotatable bonds is 2. The summed E-state index contributed by atoms with van der Waals surface area (Å²) >= 11 is 7.07. The Morgan fingerprint density at radius 3 is 3.07 bits per heavy atom. The van der Waals surface area contributed by atoms with Gasteiger partial charge < -0.3 is 10.1 Å². The quantitative estimate of drug-likeness (QED) is 0.786. The monoisotopic (exact) mass is 231 g/mol. The normalized spacial score (nSPS) is 22.2. The molecule has 1 atom stereocenters. The number of carbonyl (C=O) groups excluding carboxylic acids is 1. The van der Waals surface area contributed by atoms with Crippen molar-refractivity contribution in [2.24, 2.45) is 0 Å². The Hall–Kier alpha value is -0.420. The van der Waals surface area contributed by atoms with E-state index < -0.39 is 0 Å². The Morgan fingerprint density at radius 1 is 1.64 bits per heavy atom. The van der Waals surface area contributed by atoms with Crippen LogP contribution in [0.4, 0.5) is 0 Å². The number of carbonyl (C=O) groups is 1. The molecule has 1 aromatic rings. The number of hydrogen-bond acceptors (Lipinski definition) is 4. The Labute approximate surface area is 91.0 Å². The van der Waals surface area contributed by atoms with Gasteiger partial charge in [0.05, 0.1) is 28.5 Å². The molecule has 0 aromatic carbocycles. The predicted molar refractivity (Wildman–Crippen MR) is 56.3 cm³/mol. The lowest BCUT2D eigenvalue weighted by Gasteiger charge is -2.21. The van der Waals surface area contributed by atoms with E-state index in [1.165, 1.54) is 11.3 Å². The summed E-state index contributed by atoms with van der Waals surface area (Å²) in [4.78, 5) is 12.5. The largest absolute Gasteiger partial charge is 0.378 e. The summed E-state index contributed by atoms with van der Waals surface area (Å²) in [6.45, 7) is 1.86. The Kier molecular flexibility index (Phi) is 3.18. The summed E-state index contributed by atoms with van der Waals surface area (Å²) in [5, 5.41) is 3.12. The molecule has 2 rings (SSSR count). The highest BCUT2D eigenvalue weighted by Gasteiger charge is 2.23. The van der Waals surface area contributed by atoms with Crippen LogP contribution in [0.3, 0.4) is 0 Å². The van der Waals surface area contributed by atoms with E-state index in [-0.39, 0.29) is 11.8 Å². The lowest BCUT2D eigenvalue weighted by Crippen LogP contribution is -2.46. The van der Waals surface area contributed by atoms with Gasteiger partial charge in [0.1, 0.15) is 0 Å². The minimum Gasteiger partial charge on any atom is -0.378 e. The SMILES string of the molecule is O=C(c1ccc(Cl)s1)C1COCCN1. The molecule has 1 aliphatic rings. The fraction of sp³-hybridized carbons (Fsp3) is 0.444. The summed E-state index contributed by atoms with van der Waals surface area (Å²) < 4.78 is 5.86. The molecule has 1 aliphatic heterocycles. The molecular formula is C9H10ClNO2S. The maximum atomic E-state index is 11.8. The lowest BCUT2D eigenvalue weighted by molar-refractivity contribution is 0.0610. The van der Waals surface area contributed by atoms with Crippen molar-refractivity contribution in [1.82, 2.24) is 5.32 Å². The van der Waals surface area contributed by atoms with Crippen LogP contribution in [0.1, 0.15) is 9.67 Å². The van der Waals surface area contributed by atoms with Gasteiger partial charge in [-0.2, -0.15) is 0 Å². The molecule has 0 spiro atoms. The van der Waals surface area contributed by atoms with Crippen molar-refractivity contribution < 1.29 is 9.53 Å². The predicted octanol–water partition coefficient (Wildman–Crippen LogP) is 1.57. The molecule has 5 heteroatoms. The summed E-state index contributed by atoms with van der Waals surface area (Å²) in [6.07, 6.45) is 0. The molecule has 0 bridgehead atoms. The van der Waals surface area contributed by atoms with Crippen LogP contribution in [0.5, 0.6) is 0 Å². The van der Waals surface area contributed by atoms with Gasteiger partial charge in [-0.1, -0.05) is 11.6 Å². The Morgan fingerprint density at radius 2 is 2.50 bits per heavy atom. The van der Waals surface area contributed by atoms with E-state index >= 15 is 0 Å². The summed E-state index contributed by atoms with van der Waals surface area (Å²) in [5.74, 6) is 0.0709. The molecule has 0 aliphatic carbocycles. The minimum atomic E-state index is -0.210. The van der Waals surface area contributed by atoms with Gasteiger partial charge in [0.15, 0.2) is 5.78 Å². The van der Waals surface area contributed by atoms with E-state index in [1.54, 1.807) is 12.1 Å². The molecule has 1 fully saturated rings. The highest BCUT2D eigenvalue weighted by molar-refractivity contribution is 7.18. The molecule has 2 heterocycles. The molecule has 0 radical (unpaired) electrons. The second-order valence-corrected chi connectivity index (χ2v) is 4.76. The van der Waals surface area contributed by atoms with Gasteiger partial charge in [-0.05, 0) is 12.1 Å². The maximum Gasteiger partial charge on any atom is 0.192 e. The van der Waals surface area contributed by atoms with Crippen LogP contribution in [0.25, 0.3) is 0 Å². The zero-order valence-corrected chi connectivity index (χ0v) is 9.03. The van der Waals surface area contributed by atoms with Gasteiger partial charge in [0.25, 0.3) is 0 Å². The smallest absolute Gasteiger partial charge is 0.192 e. The van der Waals surface area contributed by atoms with Crippen molar-refractivity contribution in [3.05, 3.63) is 21.3 Å². The van der Waals surface area contributed by atoms with Crippen LogP contribution in [0.2, 0.25) is 4.34 Å². The van der Waals surface area contributed by atoms with Gasteiger partial charge in [-0.3, -0.25) is 4.79 Å². The van der Waals surface area contributed by atoms with E-state index in [4.69, 9.17) is 16.3 Å². The molecule has 14 heavy (non-hydrogen) atoms. The number of Topliss-reactive ketones (excluding diaryl/α,β-unsaturated/α-hetero) is 1. The van der Waals surface area contributed by atoms with Crippen LogP contribution in [0, 0.1) is 0 Å². The number of nitrogens with one attached hydrogen (secondary N) is 1. The minimum absolute atomic E-state index is 0.0709. The van der Waals surface area contributed by atoms with E-state index in [0.717, 1.165) is 6.54 Å². The fourth-order valence-corrected chi connectivity index (χ4v) is 2.39. The van der Waals surface area contributed by atoms with Crippen LogP contribution in [-0.4, -0.2) is 31.6 Å². The summed E-state index contributed by atoms with van der Waals surface area (Å²) in [5.41, 5.74) is 0. The molecule has 1 N–H and O–H groups in total. The van der Waals surface area contributed by atoms with Gasteiger partial charge in [0.2, 0.25) is 0 Å². The van der Waals surface area contributed by atoms with Crippen LogP contribution < -0.4 is 5.32 Å².